The van der Waals surface area contributed by atoms with Crippen LogP contribution >= 0.6 is 0 Å². The van der Waals surface area contributed by atoms with Crippen LogP contribution in [-0.2, 0) is 20.9 Å². The van der Waals surface area contributed by atoms with Gasteiger partial charge < -0.3 is 19.6 Å². The zero-order chi connectivity index (χ0) is 22.6. The van der Waals surface area contributed by atoms with Crippen LogP contribution in [0.25, 0.3) is 0 Å². The Morgan fingerprint density at radius 2 is 1.87 bits per heavy atom. The second-order valence-corrected chi connectivity index (χ2v) is 7.80. The number of ether oxygens (including phenoxy) is 1. The van der Waals surface area contributed by atoms with E-state index in [1.807, 2.05) is 17.0 Å². The van der Waals surface area contributed by atoms with Crippen LogP contribution in [0, 0.1) is 0 Å². The van der Waals surface area contributed by atoms with E-state index >= 15 is 0 Å². The van der Waals surface area contributed by atoms with Crippen LogP contribution in [0.5, 0.6) is 0 Å². The summed E-state index contributed by atoms with van der Waals surface area (Å²) < 4.78 is 37.4. The predicted octanol–water partition coefficient (Wildman–Crippen LogP) is 2.97. The predicted molar refractivity (Wildman–Crippen MR) is 101 cm³/mol. The maximum atomic E-state index is 12.5. The van der Waals surface area contributed by atoms with Gasteiger partial charge in [0.25, 0.3) is 0 Å². The minimum absolute atomic E-state index is 0.0388. The zero-order valence-corrected chi connectivity index (χ0v) is 16.8. The Balaban J connectivity index is 0.000000339. The van der Waals surface area contributed by atoms with Crippen molar-refractivity contribution in [3.63, 3.8) is 0 Å². The SMILES string of the molecule is O=C(O)C(F)(F)F.O=C1C[C@H]2[C@H](CCN2C(=O)OC2CCCC2)N1Cc1cccnc1. The fraction of sp³-hybridized carbons (Fsp3) is 0.600. The molecule has 1 aliphatic carbocycles. The van der Waals surface area contributed by atoms with E-state index in [4.69, 9.17) is 14.6 Å². The molecule has 1 aromatic heterocycles. The van der Waals surface area contributed by atoms with Crippen LogP contribution in [0.1, 0.15) is 44.1 Å². The van der Waals surface area contributed by atoms with Gasteiger partial charge in [0.1, 0.15) is 6.10 Å². The number of rotatable bonds is 3. The summed E-state index contributed by atoms with van der Waals surface area (Å²) in [6, 6.07) is 3.93. The second-order valence-electron chi connectivity index (χ2n) is 7.80. The molecule has 2 amide bonds. The third-order valence-corrected chi connectivity index (χ3v) is 5.74. The largest absolute Gasteiger partial charge is 0.490 e. The van der Waals surface area contributed by atoms with Crippen LogP contribution in [0.3, 0.4) is 0 Å². The number of likely N-dealkylation sites (tertiary alicyclic amines) is 2. The number of aromatic nitrogens is 1. The molecule has 0 aromatic carbocycles. The fourth-order valence-corrected chi connectivity index (χ4v) is 4.27. The Labute approximate surface area is 177 Å². The Kier molecular flexibility index (Phi) is 7.01. The first-order valence-electron chi connectivity index (χ1n) is 10.1. The zero-order valence-electron chi connectivity index (χ0n) is 16.8. The monoisotopic (exact) mass is 443 g/mol. The number of pyridine rings is 1. The highest BCUT2D eigenvalue weighted by Gasteiger charge is 2.49. The number of carboxylic acids is 1. The fourth-order valence-electron chi connectivity index (χ4n) is 4.27. The Hall–Kier alpha value is -2.85. The molecule has 1 N–H and O–H groups in total. The molecule has 3 aliphatic rings. The first kappa shape index (κ1) is 22.8. The molecule has 11 heteroatoms. The van der Waals surface area contributed by atoms with Crippen LogP contribution in [0.2, 0.25) is 0 Å². The number of amides is 2. The summed E-state index contributed by atoms with van der Waals surface area (Å²) in [5, 5.41) is 7.12. The van der Waals surface area contributed by atoms with Crippen molar-refractivity contribution < 1.29 is 37.4 Å². The van der Waals surface area contributed by atoms with Crippen LogP contribution in [0.15, 0.2) is 24.5 Å². The third-order valence-electron chi connectivity index (χ3n) is 5.74. The summed E-state index contributed by atoms with van der Waals surface area (Å²) in [6.07, 6.45) is 3.74. The molecule has 3 fully saturated rings. The van der Waals surface area contributed by atoms with E-state index in [0.717, 1.165) is 37.7 Å². The minimum Gasteiger partial charge on any atom is -0.475 e. The van der Waals surface area contributed by atoms with Gasteiger partial charge in [0, 0.05) is 31.9 Å². The highest BCUT2D eigenvalue weighted by Crippen LogP contribution is 2.34. The minimum atomic E-state index is -5.08. The van der Waals surface area contributed by atoms with Gasteiger partial charge >= 0.3 is 18.2 Å². The number of halogens is 3. The summed E-state index contributed by atoms with van der Waals surface area (Å²) in [6.45, 7) is 1.25. The lowest BCUT2D eigenvalue weighted by molar-refractivity contribution is -0.192. The van der Waals surface area contributed by atoms with E-state index in [1.165, 1.54) is 0 Å². The molecule has 0 radical (unpaired) electrons. The summed E-state index contributed by atoms with van der Waals surface area (Å²) in [5.41, 5.74) is 1.03. The van der Waals surface area contributed by atoms with Crippen molar-refractivity contribution in [2.75, 3.05) is 6.54 Å². The van der Waals surface area contributed by atoms with Crippen LogP contribution < -0.4 is 0 Å². The average molecular weight is 443 g/mol. The van der Waals surface area contributed by atoms with E-state index < -0.39 is 12.1 Å². The van der Waals surface area contributed by atoms with Gasteiger partial charge in [0.2, 0.25) is 5.91 Å². The normalized spacial score (nSPS) is 23.4. The van der Waals surface area contributed by atoms with Crippen molar-refractivity contribution in [2.24, 2.45) is 0 Å². The van der Waals surface area contributed by atoms with Gasteiger partial charge in [-0.2, -0.15) is 13.2 Å². The number of hydrogen-bond donors (Lipinski definition) is 1. The number of alkyl halides is 3. The molecule has 1 aromatic rings. The van der Waals surface area contributed by atoms with E-state index in [9.17, 15) is 22.8 Å². The van der Waals surface area contributed by atoms with Crippen molar-refractivity contribution in [3.05, 3.63) is 30.1 Å². The molecular weight excluding hydrogens is 419 g/mol. The summed E-state index contributed by atoms with van der Waals surface area (Å²) in [7, 11) is 0. The van der Waals surface area contributed by atoms with Crippen LogP contribution in [0.4, 0.5) is 18.0 Å². The van der Waals surface area contributed by atoms with Crippen molar-refractivity contribution in [2.45, 2.75) is 69.4 Å². The van der Waals surface area contributed by atoms with Gasteiger partial charge in [-0.3, -0.25) is 9.78 Å². The maximum Gasteiger partial charge on any atom is 0.490 e. The first-order valence-corrected chi connectivity index (χ1v) is 10.1. The quantitative estimate of drug-likeness (QED) is 0.771. The Bertz CT molecular complexity index is 799. The van der Waals surface area contributed by atoms with E-state index in [0.29, 0.717) is 19.5 Å². The van der Waals surface area contributed by atoms with E-state index in [-0.39, 0.29) is 30.2 Å². The maximum absolute atomic E-state index is 12.5. The molecule has 1 saturated carbocycles. The number of nitrogens with zero attached hydrogens (tertiary/aromatic N) is 3. The number of carboxylic acid groups (broad SMARTS) is 1. The molecule has 8 nitrogen and oxygen atoms in total. The molecule has 0 bridgehead atoms. The lowest BCUT2D eigenvalue weighted by Crippen LogP contribution is -2.40. The van der Waals surface area contributed by atoms with Gasteiger partial charge in [0.05, 0.1) is 12.1 Å². The molecule has 3 heterocycles. The second kappa shape index (κ2) is 9.52. The molecule has 0 unspecified atom stereocenters. The number of aliphatic carboxylic acids is 1. The first-order chi connectivity index (χ1) is 14.7. The number of hydrogen-bond acceptors (Lipinski definition) is 5. The van der Waals surface area contributed by atoms with Gasteiger partial charge in [-0.15, -0.1) is 0 Å². The number of carbonyl (C=O) groups is 3. The Morgan fingerprint density at radius 3 is 2.45 bits per heavy atom. The smallest absolute Gasteiger partial charge is 0.475 e. The van der Waals surface area contributed by atoms with Gasteiger partial charge in [-0.1, -0.05) is 6.07 Å². The lowest BCUT2D eigenvalue weighted by Gasteiger charge is -2.26. The molecule has 0 spiro atoms. The van der Waals surface area contributed by atoms with Gasteiger partial charge in [-0.05, 0) is 43.7 Å². The standard InChI is InChI=1S/C18H23N3O3.C2HF3O2/c22-17-10-16-15(21(17)12-13-4-3-8-19-11-13)7-9-20(16)18(23)24-14-5-1-2-6-14;3-2(4,5)1(6)7/h3-4,8,11,14-16H,1-2,5-7,9-10,12H2;(H,6,7)/t15-,16-;/m0./s1. The van der Waals surface area contributed by atoms with Crippen molar-refractivity contribution >= 4 is 18.0 Å². The topological polar surface area (TPSA) is 100 Å². The summed E-state index contributed by atoms with van der Waals surface area (Å²) in [4.78, 5) is 41.6. The number of fused-ring (bicyclic) bond motifs is 1. The lowest BCUT2D eigenvalue weighted by atomic mass is 10.1. The van der Waals surface area contributed by atoms with Crippen LogP contribution in [-0.4, -0.2) is 68.8 Å². The highest BCUT2D eigenvalue weighted by molar-refractivity contribution is 5.82. The summed E-state index contributed by atoms with van der Waals surface area (Å²) in [5.74, 6) is -2.64. The molecular formula is C20H24F3N3O5. The number of carbonyl (C=O) groups excluding carboxylic acids is 2. The van der Waals surface area contributed by atoms with Crippen molar-refractivity contribution in [3.8, 4) is 0 Å². The highest BCUT2D eigenvalue weighted by atomic mass is 19.4. The molecule has 2 aliphatic heterocycles. The molecule has 2 saturated heterocycles. The molecule has 170 valence electrons. The third kappa shape index (κ3) is 5.65. The Morgan fingerprint density at radius 1 is 1.19 bits per heavy atom. The molecule has 31 heavy (non-hydrogen) atoms. The molecule has 4 rings (SSSR count). The van der Waals surface area contributed by atoms with Crippen molar-refractivity contribution in [1.82, 2.24) is 14.8 Å². The van der Waals surface area contributed by atoms with E-state index in [1.54, 1.807) is 17.3 Å². The molecule has 2 atom stereocenters. The van der Waals surface area contributed by atoms with Gasteiger partial charge in [0.15, 0.2) is 0 Å². The van der Waals surface area contributed by atoms with E-state index in [2.05, 4.69) is 4.98 Å². The van der Waals surface area contributed by atoms with Gasteiger partial charge in [-0.25, -0.2) is 9.59 Å². The average Bonchev–Trinajstić information content (AvgIpc) is 3.42. The summed E-state index contributed by atoms with van der Waals surface area (Å²) >= 11 is 0. The van der Waals surface area contributed by atoms with Crippen molar-refractivity contribution in [1.29, 1.82) is 0 Å².